The fraction of sp³-hybridized carbons (Fsp3) is 0.333. The normalized spacial score (nSPS) is 11.2. The topological polar surface area (TPSA) is 92.6 Å². The van der Waals surface area contributed by atoms with Crippen LogP contribution in [0.3, 0.4) is 0 Å². The van der Waals surface area contributed by atoms with E-state index in [1.807, 2.05) is 0 Å². The molecule has 1 rings (SSSR count). The number of amides is 2. The number of hydrogen-bond acceptors (Lipinski definition) is 5. The van der Waals surface area contributed by atoms with E-state index in [2.05, 4.69) is 15.8 Å². The highest BCUT2D eigenvalue weighted by atomic mass is 35.5. The molecule has 104 valence electrons. The van der Waals surface area contributed by atoms with Crippen molar-refractivity contribution in [1.29, 1.82) is 0 Å². The number of carbonyl (C=O) groups is 3. The zero-order valence-electron chi connectivity index (χ0n) is 9.77. The molecule has 0 aromatic carbocycles. The van der Waals surface area contributed by atoms with Crippen LogP contribution in [0.2, 0.25) is 0 Å². The minimum atomic E-state index is -0.527. The first kappa shape index (κ1) is 15.7. The Labute approximate surface area is 122 Å². The van der Waals surface area contributed by atoms with E-state index in [4.69, 9.17) is 23.2 Å². The van der Waals surface area contributed by atoms with E-state index in [1.165, 1.54) is 12.4 Å². The van der Waals surface area contributed by atoms with Gasteiger partial charge in [0.2, 0.25) is 10.7 Å². The molecule has 0 aliphatic carbocycles. The second kappa shape index (κ2) is 7.27. The second-order valence-electron chi connectivity index (χ2n) is 3.13. The summed E-state index contributed by atoms with van der Waals surface area (Å²) in [6.45, 7) is 0. The molecule has 1 heterocycles. The minimum Gasteiger partial charge on any atom is -0.354 e. The van der Waals surface area contributed by atoms with Crippen molar-refractivity contribution in [2.45, 2.75) is 0 Å². The van der Waals surface area contributed by atoms with Crippen molar-refractivity contribution in [3.05, 3.63) is 15.9 Å². The lowest BCUT2D eigenvalue weighted by atomic mass is 10.4. The quantitative estimate of drug-likeness (QED) is 0.601. The Morgan fingerprint density at radius 1 is 1.37 bits per heavy atom. The molecule has 7 nitrogen and oxygen atoms in total. The van der Waals surface area contributed by atoms with Gasteiger partial charge in [0, 0.05) is 12.4 Å². The lowest BCUT2D eigenvalue weighted by molar-refractivity contribution is -0.118. The lowest BCUT2D eigenvalue weighted by Gasteiger charge is -2.04. The standard InChI is InChI=1S/C9H10Cl2N4O3S/c1-12-8(18)5-4-19-9(14-13-6(16)2-10)15(5)7(17)3-11/h4H,2-3H2,1H3,(H,12,18)(H,13,16)/b14-9+. The van der Waals surface area contributed by atoms with Gasteiger partial charge in [-0.15, -0.1) is 39.6 Å². The molecule has 0 atom stereocenters. The van der Waals surface area contributed by atoms with Crippen molar-refractivity contribution in [3.63, 3.8) is 0 Å². The van der Waals surface area contributed by atoms with Crippen LogP contribution < -0.4 is 15.5 Å². The Balaban J connectivity index is 3.26. The maximum absolute atomic E-state index is 11.7. The number of nitrogens with one attached hydrogen (secondary N) is 2. The smallest absolute Gasteiger partial charge is 0.269 e. The van der Waals surface area contributed by atoms with Crippen molar-refractivity contribution < 1.29 is 14.4 Å². The Bertz CT molecular complexity index is 566. The van der Waals surface area contributed by atoms with E-state index in [-0.39, 0.29) is 22.3 Å². The Hall–Kier alpha value is -1.38. The summed E-state index contributed by atoms with van der Waals surface area (Å²) >= 11 is 11.8. The fourth-order valence-electron chi connectivity index (χ4n) is 1.12. The second-order valence-corrected chi connectivity index (χ2v) is 4.50. The molecular formula is C9H10Cl2N4O3S. The van der Waals surface area contributed by atoms with Gasteiger partial charge in [0.25, 0.3) is 11.8 Å². The number of aromatic nitrogens is 1. The third kappa shape index (κ3) is 3.79. The van der Waals surface area contributed by atoms with Gasteiger partial charge in [-0.05, 0) is 0 Å². The van der Waals surface area contributed by atoms with Crippen LogP contribution >= 0.6 is 34.5 Å². The van der Waals surface area contributed by atoms with E-state index in [0.717, 1.165) is 15.9 Å². The summed E-state index contributed by atoms with van der Waals surface area (Å²) in [7, 11) is 1.43. The number of hydrogen-bond donors (Lipinski definition) is 2. The molecule has 0 aliphatic rings. The first-order chi connectivity index (χ1) is 9.04. The fourth-order valence-corrected chi connectivity index (χ4v) is 2.13. The Morgan fingerprint density at radius 2 is 2.05 bits per heavy atom. The first-order valence-electron chi connectivity index (χ1n) is 4.95. The monoisotopic (exact) mass is 324 g/mol. The number of nitrogens with zero attached hydrogens (tertiary/aromatic N) is 2. The SMILES string of the molecule is CNC(=O)c1cs/c(=N/NC(=O)CCl)n1C(=O)CCl. The molecule has 0 bridgehead atoms. The van der Waals surface area contributed by atoms with Crippen LogP contribution in [0.4, 0.5) is 0 Å². The van der Waals surface area contributed by atoms with Gasteiger partial charge in [-0.3, -0.25) is 14.4 Å². The molecule has 0 fully saturated rings. The molecular weight excluding hydrogens is 315 g/mol. The molecule has 0 unspecified atom stereocenters. The molecule has 0 spiro atoms. The van der Waals surface area contributed by atoms with Crippen molar-refractivity contribution in [2.24, 2.45) is 5.10 Å². The van der Waals surface area contributed by atoms with E-state index < -0.39 is 17.7 Å². The van der Waals surface area contributed by atoms with Crippen molar-refractivity contribution in [3.8, 4) is 0 Å². The first-order valence-corrected chi connectivity index (χ1v) is 6.90. The number of thiazole rings is 1. The summed E-state index contributed by atoms with van der Waals surface area (Å²) in [5, 5.41) is 7.55. The number of halogens is 2. The third-order valence-corrected chi connectivity index (χ3v) is 3.23. The molecule has 0 aliphatic heterocycles. The van der Waals surface area contributed by atoms with E-state index in [0.29, 0.717) is 0 Å². The average molecular weight is 325 g/mol. The molecule has 1 aromatic rings. The summed E-state index contributed by atoms with van der Waals surface area (Å²) in [6, 6.07) is 0. The highest BCUT2D eigenvalue weighted by molar-refractivity contribution is 7.07. The van der Waals surface area contributed by atoms with Gasteiger partial charge < -0.3 is 5.32 Å². The number of rotatable bonds is 4. The van der Waals surface area contributed by atoms with Gasteiger partial charge in [0.05, 0.1) is 0 Å². The molecule has 19 heavy (non-hydrogen) atoms. The van der Waals surface area contributed by atoms with Crippen LogP contribution in [0, 0.1) is 0 Å². The third-order valence-electron chi connectivity index (χ3n) is 1.93. The average Bonchev–Trinajstić information content (AvgIpc) is 2.86. The molecule has 0 saturated carbocycles. The van der Waals surface area contributed by atoms with E-state index in [9.17, 15) is 14.4 Å². The Kier molecular flexibility index (Phi) is 6.00. The highest BCUT2D eigenvalue weighted by Crippen LogP contribution is 2.02. The van der Waals surface area contributed by atoms with Crippen LogP contribution in [0.1, 0.15) is 15.3 Å². The predicted molar refractivity (Wildman–Crippen MR) is 71.5 cm³/mol. The molecule has 2 N–H and O–H groups in total. The van der Waals surface area contributed by atoms with Crippen LogP contribution in [0.25, 0.3) is 0 Å². The van der Waals surface area contributed by atoms with Crippen LogP contribution in [0.5, 0.6) is 0 Å². The van der Waals surface area contributed by atoms with E-state index >= 15 is 0 Å². The van der Waals surface area contributed by atoms with Gasteiger partial charge in [-0.25, -0.2) is 9.99 Å². The number of carbonyl (C=O) groups excluding carboxylic acids is 3. The molecule has 0 radical (unpaired) electrons. The summed E-state index contributed by atoms with van der Waals surface area (Å²) in [5.41, 5.74) is 2.25. The zero-order valence-corrected chi connectivity index (χ0v) is 12.1. The van der Waals surface area contributed by atoms with Crippen molar-refractivity contribution in [2.75, 3.05) is 18.8 Å². The summed E-state index contributed by atoms with van der Waals surface area (Å²) < 4.78 is 1.03. The van der Waals surface area contributed by atoms with Crippen molar-refractivity contribution >= 4 is 52.3 Å². The molecule has 2 amide bonds. The van der Waals surface area contributed by atoms with Crippen LogP contribution in [-0.4, -0.2) is 41.1 Å². The van der Waals surface area contributed by atoms with Crippen molar-refractivity contribution in [1.82, 2.24) is 15.3 Å². The molecule has 1 aromatic heterocycles. The van der Waals surface area contributed by atoms with Gasteiger partial charge in [-0.2, -0.15) is 0 Å². The molecule has 0 saturated heterocycles. The summed E-state index contributed by atoms with van der Waals surface area (Å²) in [6.07, 6.45) is 0. The number of alkyl halides is 2. The maximum Gasteiger partial charge on any atom is 0.269 e. The molecule has 10 heteroatoms. The van der Waals surface area contributed by atoms with Gasteiger partial charge >= 0.3 is 0 Å². The van der Waals surface area contributed by atoms with Gasteiger partial charge in [-0.1, -0.05) is 0 Å². The minimum absolute atomic E-state index is 0.0945. The van der Waals surface area contributed by atoms with E-state index in [1.54, 1.807) is 0 Å². The van der Waals surface area contributed by atoms with Crippen LogP contribution in [-0.2, 0) is 4.79 Å². The lowest BCUT2D eigenvalue weighted by Crippen LogP contribution is -2.33. The summed E-state index contributed by atoms with van der Waals surface area (Å²) in [4.78, 5) is 34.4. The summed E-state index contributed by atoms with van der Waals surface area (Å²) in [5.74, 6) is -2.10. The van der Waals surface area contributed by atoms with Gasteiger partial charge in [0.15, 0.2) is 0 Å². The zero-order chi connectivity index (χ0) is 14.4. The predicted octanol–water partition coefficient (Wildman–Crippen LogP) is -0.0411. The Morgan fingerprint density at radius 3 is 2.58 bits per heavy atom. The maximum atomic E-state index is 11.7. The largest absolute Gasteiger partial charge is 0.354 e. The van der Waals surface area contributed by atoms with Gasteiger partial charge in [0.1, 0.15) is 17.5 Å². The highest BCUT2D eigenvalue weighted by Gasteiger charge is 2.17. The van der Waals surface area contributed by atoms with Crippen LogP contribution in [0.15, 0.2) is 10.5 Å².